The minimum Gasteiger partial charge on any atom is -0.478 e. The first-order chi connectivity index (χ1) is 8.61. The Morgan fingerprint density at radius 3 is 2.89 bits per heavy atom. The number of ether oxygens (including phenoxy) is 1. The minimum absolute atomic E-state index is 0.115. The molecule has 1 N–H and O–H groups in total. The zero-order valence-electron chi connectivity index (χ0n) is 9.41. The van der Waals surface area contributed by atoms with Crippen molar-refractivity contribution in [3.63, 3.8) is 0 Å². The number of aromatic nitrogens is 1. The fraction of sp³-hybridized carbons (Fsp3) is 0.0833. The summed E-state index contributed by atoms with van der Waals surface area (Å²) in [6, 6.07) is 4.82. The van der Waals surface area contributed by atoms with E-state index in [9.17, 15) is 9.59 Å². The van der Waals surface area contributed by atoms with E-state index in [1.54, 1.807) is 18.2 Å². The lowest BCUT2D eigenvalue weighted by Gasteiger charge is -1.97. The summed E-state index contributed by atoms with van der Waals surface area (Å²) in [4.78, 5) is 25.9. The summed E-state index contributed by atoms with van der Waals surface area (Å²) >= 11 is 0. The molecule has 0 fully saturated rings. The molecule has 0 spiro atoms. The summed E-state index contributed by atoms with van der Waals surface area (Å²) < 4.78 is 9.90. The molecule has 6 heteroatoms. The highest BCUT2D eigenvalue weighted by Crippen LogP contribution is 2.20. The molecule has 1 heterocycles. The molecule has 0 aliphatic heterocycles. The lowest BCUT2D eigenvalue weighted by molar-refractivity contribution is -0.131. The molecule has 2 aromatic rings. The van der Waals surface area contributed by atoms with E-state index in [1.165, 1.54) is 13.2 Å². The first-order valence-corrected chi connectivity index (χ1v) is 5.00. The van der Waals surface area contributed by atoms with Crippen molar-refractivity contribution in [1.29, 1.82) is 0 Å². The third-order valence-corrected chi connectivity index (χ3v) is 2.21. The van der Waals surface area contributed by atoms with Crippen molar-refractivity contribution in [2.75, 3.05) is 7.11 Å². The average molecular weight is 247 g/mol. The molecular formula is C12H9NO5. The van der Waals surface area contributed by atoms with Gasteiger partial charge in [0.05, 0.1) is 12.7 Å². The van der Waals surface area contributed by atoms with Crippen molar-refractivity contribution < 1.29 is 23.8 Å². The molecule has 6 nitrogen and oxygen atoms in total. The smallest absolute Gasteiger partial charge is 0.340 e. The molecule has 0 bridgehead atoms. The number of hydrogen-bond donors (Lipinski definition) is 1. The summed E-state index contributed by atoms with van der Waals surface area (Å²) in [6.07, 6.45) is 2.12. The number of hydrogen-bond acceptors (Lipinski definition) is 5. The highest BCUT2D eigenvalue weighted by Gasteiger charge is 2.14. The topological polar surface area (TPSA) is 89.6 Å². The summed E-state index contributed by atoms with van der Waals surface area (Å²) in [5.74, 6) is -1.52. The van der Waals surface area contributed by atoms with Crippen LogP contribution in [0, 0.1) is 0 Å². The van der Waals surface area contributed by atoms with Gasteiger partial charge in [-0.1, -0.05) is 6.07 Å². The summed E-state index contributed by atoms with van der Waals surface area (Å²) in [5.41, 5.74) is 1.01. The largest absolute Gasteiger partial charge is 0.478 e. The molecular weight excluding hydrogens is 238 g/mol. The van der Waals surface area contributed by atoms with Gasteiger partial charge in [0.25, 0.3) is 0 Å². The summed E-state index contributed by atoms with van der Waals surface area (Å²) in [6.45, 7) is 0. The number of methoxy groups -OCH3 is 1. The van der Waals surface area contributed by atoms with Crippen LogP contribution >= 0.6 is 0 Å². The molecule has 0 radical (unpaired) electrons. The number of nitrogens with zero attached hydrogens (tertiary/aromatic N) is 1. The number of carboxylic acid groups (broad SMARTS) is 1. The number of carbonyl (C=O) groups is 2. The Kier molecular flexibility index (Phi) is 3.09. The number of aliphatic carboxylic acids is 1. The van der Waals surface area contributed by atoms with Crippen LogP contribution in [0.5, 0.6) is 0 Å². The van der Waals surface area contributed by atoms with Crippen molar-refractivity contribution in [2.24, 2.45) is 0 Å². The van der Waals surface area contributed by atoms with E-state index in [0.717, 1.165) is 6.08 Å². The van der Waals surface area contributed by atoms with Crippen LogP contribution in [-0.2, 0) is 9.53 Å². The lowest BCUT2D eigenvalue weighted by atomic mass is 10.2. The number of rotatable bonds is 3. The van der Waals surface area contributed by atoms with Crippen LogP contribution in [0.3, 0.4) is 0 Å². The predicted molar refractivity (Wildman–Crippen MR) is 62.0 cm³/mol. The lowest BCUT2D eigenvalue weighted by Crippen LogP contribution is -2.01. The molecule has 0 atom stereocenters. The van der Waals surface area contributed by atoms with E-state index in [1.807, 2.05) is 0 Å². The maximum absolute atomic E-state index is 11.5. The van der Waals surface area contributed by atoms with Crippen LogP contribution in [0.25, 0.3) is 17.2 Å². The molecule has 0 aliphatic rings. The van der Waals surface area contributed by atoms with Crippen LogP contribution in [0.1, 0.15) is 16.2 Å². The molecule has 0 saturated heterocycles. The van der Waals surface area contributed by atoms with E-state index in [0.29, 0.717) is 11.1 Å². The Morgan fingerprint density at radius 1 is 1.44 bits per heavy atom. The van der Waals surface area contributed by atoms with Crippen molar-refractivity contribution in [3.8, 4) is 0 Å². The Balaban J connectivity index is 2.51. The van der Waals surface area contributed by atoms with Crippen molar-refractivity contribution >= 4 is 29.1 Å². The standard InChI is InChI=1S/C12H9NO5/c1-17-12(16)7-3-2-4-8-11(7)13-9(18-8)5-6-10(14)15/h2-6H,1H3,(H,14,15)/b6-5+. The molecule has 18 heavy (non-hydrogen) atoms. The molecule has 0 saturated carbocycles. The van der Waals surface area contributed by atoms with Gasteiger partial charge in [-0.25, -0.2) is 14.6 Å². The zero-order valence-corrected chi connectivity index (χ0v) is 9.41. The van der Waals surface area contributed by atoms with Gasteiger partial charge in [-0.3, -0.25) is 0 Å². The van der Waals surface area contributed by atoms with Crippen LogP contribution in [0.15, 0.2) is 28.7 Å². The second kappa shape index (κ2) is 4.70. The van der Waals surface area contributed by atoms with Crippen molar-refractivity contribution in [3.05, 3.63) is 35.7 Å². The zero-order chi connectivity index (χ0) is 13.1. The van der Waals surface area contributed by atoms with Crippen molar-refractivity contribution in [2.45, 2.75) is 0 Å². The Hall–Kier alpha value is -2.63. The summed E-state index contributed by atoms with van der Waals surface area (Å²) in [7, 11) is 1.27. The molecule has 0 amide bonds. The molecule has 0 unspecified atom stereocenters. The second-order valence-corrected chi connectivity index (χ2v) is 3.37. The highest BCUT2D eigenvalue weighted by atomic mass is 16.5. The Morgan fingerprint density at radius 2 is 2.22 bits per heavy atom. The van der Waals surface area contributed by atoms with Gasteiger partial charge >= 0.3 is 11.9 Å². The normalized spacial score (nSPS) is 10.9. The fourth-order valence-electron chi connectivity index (χ4n) is 1.45. The summed E-state index contributed by atoms with van der Waals surface area (Å²) in [5, 5.41) is 8.50. The number of esters is 1. The first kappa shape index (κ1) is 11.8. The van der Waals surface area contributed by atoms with Gasteiger partial charge in [0.2, 0.25) is 5.89 Å². The second-order valence-electron chi connectivity index (χ2n) is 3.37. The third kappa shape index (κ3) is 2.22. The number of carbonyl (C=O) groups excluding carboxylic acids is 1. The van der Waals surface area contributed by atoms with Gasteiger partial charge in [0.15, 0.2) is 5.58 Å². The van der Waals surface area contributed by atoms with Gasteiger partial charge in [-0.15, -0.1) is 0 Å². The van der Waals surface area contributed by atoms with Crippen LogP contribution in [0.2, 0.25) is 0 Å². The number of carboxylic acids is 1. The van der Waals surface area contributed by atoms with Gasteiger partial charge in [0, 0.05) is 12.2 Å². The average Bonchev–Trinajstić information content (AvgIpc) is 2.77. The fourth-order valence-corrected chi connectivity index (χ4v) is 1.45. The number of fused-ring (bicyclic) bond motifs is 1. The minimum atomic E-state index is -1.11. The van der Waals surface area contributed by atoms with Crippen LogP contribution in [0.4, 0.5) is 0 Å². The molecule has 2 rings (SSSR count). The maximum Gasteiger partial charge on any atom is 0.340 e. The number of benzene rings is 1. The SMILES string of the molecule is COC(=O)c1cccc2oc(/C=C/C(=O)O)nc12. The highest BCUT2D eigenvalue weighted by molar-refractivity contribution is 6.01. The van der Waals surface area contributed by atoms with Gasteiger partial charge < -0.3 is 14.3 Å². The Bertz CT molecular complexity index is 641. The molecule has 92 valence electrons. The maximum atomic E-state index is 11.5. The quantitative estimate of drug-likeness (QED) is 0.656. The monoisotopic (exact) mass is 247 g/mol. The predicted octanol–water partition coefficient (Wildman–Crippen LogP) is 1.71. The van der Waals surface area contributed by atoms with Gasteiger partial charge in [-0.05, 0) is 12.1 Å². The third-order valence-electron chi connectivity index (χ3n) is 2.21. The van der Waals surface area contributed by atoms with Crippen LogP contribution < -0.4 is 0 Å². The molecule has 1 aromatic carbocycles. The Labute approximate surface area is 101 Å². The number of para-hydroxylation sites is 1. The molecule has 0 aliphatic carbocycles. The number of oxazole rings is 1. The van der Waals surface area contributed by atoms with E-state index >= 15 is 0 Å². The van der Waals surface area contributed by atoms with E-state index in [2.05, 4.69) is 9.72 Å². The van der Waals surface area contributed by atoms with Crippen LogP contribution in [-0.4, -0.2) is 29.1 Å². The molecule has 1 aromatic heterocycles. The van der Waals surface area contributed by atoms with Gasteiger partial charge in [0.1, 0.15) is 5.52 Å². The van der Waals surface area contributed by atoms with E-state index in [-0.39, 0.29) is 11.5 Å². The van der Waals surface area contributed by atoms with E-state index < -0.39 is 11.9 Å². The van der Waals surface area contributed by atoms with E-state index in [4.69, 9.17) is 9.52 Å². The van der Waals surface area contributed by atoms with Gasteiger partial charge in [-0.2, -0.15) is 0 Å². The first-order valence-electron chi connectivity index (χ1n) is 5.00. The van der Waals surface area contributed by atoms with Crippen molar-refractivity contribution in [1.82, 2.24) is 4.98 Å².